The van der Waals surface area contributed by atoms with Crippen LogP contribution < -0.4 is 0 Å². The molecule has 3 aromatic rings. The third-order valence-electron chi connectivity index (χ3n) is 4.36. The molecule has 4 rings (SSSR count). The zero-order valence-corrected chi connectivity index (χ0v) is 13.0. The number of hydrogen-bond acceptors (Lipinski definition) is 3. The van der Waals surface area contributed by atoms with Gasteiger partial charge in [-0.2, -0.15) is 0 Å². The third kappa shape index (κ3) is 2.72. The third-order valence-corrected chi connectivity index (χ3v) is 4.36. The van der Waals surface area contributed by atoms with Crippen LogP contribution in [-0.4, -0.2) is 23.0 Å². The molecule has 2 aromatic carbocycles. The lowest BCUT2D eigenvalue weighted by molar-refractivity contribution is 0.0775. The number of hydrogen-bond donors (Lipinski definition) is 0. The molecule has 0 spiro atoms. The summed E-state index contributed by atoms with van der Waals surface area (Å²) in [6, 6.07) is 16.2. The Bertz CT molecular complexity index is 859. The molecule has 0 saturated heterocycles. The molecule has 0 bridgehead atoms. The number of amides is 1. The SMILES string of the molecule is CN(Cc1cccc2ccccc12)C(=O)c1cc(C2CC2)on1. The molecular weight excluding hydrogens is 288 g/mol. The molecule has 0 unspecified atom stereocenters. The second kappa shape index (κ2) is 5.54. The van der Waals surface area contributed by atoms with E-state index in [0.717, 1.165) is 24.2 Å². The maximum absolute atomic E-state index is 12.5. The first-order valence-electron chi connectivity index (χ1n) is 7.91. The van der Waals surface area contributed by atoms with Crippen LogP contribution in [0.25, 0.3) is 10.8 Å². The van der Waals surface area contributed by atoms with Crippen molar-refractivity contribution in [1.82, 2.24) is 10.1 Å². The molecule has 0 atom stereocenters. The first kappa shape index (κ1) is 14.0. The molecule has 1 heterocycles. The summed E-state index contributed by atoms with van der Waals surface area (Å²) in [6.45, 7) is 0.547. The van der Waals surface area contributed by atoms with Gasteiger partial charge in [0.1, 0.15) is 5.76 Å². The van der Waals surface area contributed by atoms with Crippen molar-refractivity contribution in [2.45, 2.75) is 25.3 Å². The van der Waals surface area contributed by atoms with E-state index in [1.165, 1.54) is 10.8 Å². The summed E-state index contributed by atoms with van der Waals surface area (Å²) in [5.41, 5.74) is 1.53. The average molecular weight is 306 g/mol. The molecule has 1 fully saturated rings. The van der Waals surface area contributed by atoms with Crippen LogP contribution in [0.3, 0.4) is 0 Å². The molecule has 116 valence electrons. The number of carbonyl (C=O) groups excluding carboxylic acids is 1. The Morgan fingerprint density at radius 2 is 2.00 bits per heavy atom. The Hall–Kier alpha value is -2.62. The van der Waals surface area contributed by atoms with Crippen molar-refractivity contribution >= 4 is 16.7 Å². The summed E-state index contributed by atoms with van der Waals surface area (Å²) in [5, 5.41) is 6.29. The summed E-state index contributed by atoms with van der Waals surface area (Å²) in [7, 11) is 1.80. The normalized spacial score (nSPS) is 14.1. The number of aromatic nitrogens is 1. The highest BCUT2D eigenvalue weighted by molar-refractivity contribution is 5.92. The van der Waals surface area contributed by atoms with Crippen molar-refractivity contribution < 1.29 is 9.32 Å². The van der Waals surface area contributed by atoms with E-state index in [0.29, 0.717) is 18.2 Å². The zero-order chi connectivity index (χ0) is 15.8. The molecule has 23 heavy (non-hydrogen) atoms. The van der Waals surface area contributed by atoms with Gasteiger partial charge in [0, 0.05) is 25.6 Å². The topological polar surface area (TPSA) is 46.3 Å². The number of fused-ring (bicyclic) bond motifs is 1. The largest absolute Gasteiger partial charge is 0.360 e. The van der Waals surface area contributed by atoms with Gasteiger partial charge in [0.25, 0.3) is 5.91 Å². The van der Waals surface area contributed by atoms with Crippen LogP contribution in [0, 0.1) is 0 Å². The minimum atomic E-state index is -0.103. The van der Waals surface area contributed by atoms with Gasteiger partial charge < -0.3 is 9.42 Å². The molecule has 1 aliphatic carbocycles. The van der Waals surface area contributed by atoms with E-state index >= 15 is 0 Å². The summed E-state index contributed by atoms with van der Waals surface area (Å²) >= 11 is 0. The predicted octanol–water partition coefficient (Wildman–Crippen LogP) is 3.98. The standard InChI is InChI=1S/C19H18N2O2/c1-21(19(22)17-11-18(23-20-17)14-9-10-14)12-15-7-4-6-13-5-2-3-8-16(13)15/h2-8,11,14H,9-10,12H2,1H3. The van der Waals surface area contributed by atoms with Crippen LogP contribution in [0.15, 0.2) is 53.1 Å². The van der Waals surface area contributed by atoms with E-state index in [1.807, 2.05) is 18.2 Å². The van der Waals surface area contributed by atoms with Crippen molar-refractivity contribution in [1.29, 1.82) is 0 Å². The van der Waals surface area contributed by atoms with Crippen LogP contribution in [0.2, 0.25) is 0 Å². The van der Waals surface area contributed by atoms with Crippen LogP contribution in [-0.2, 0) is 6.54 Å². The molecule has 4 nitrogen and oxygen atoms in total. The molecule has 1 aliphatic rings. The monoisotopic (exact) mass is 306 g/mol. The fourth-order valence-corrected chi connectivity index (χ4v) is 2.90. The van der Waals surface area contributed by atoms with Crippen LogP contribution in [0.5, 0.6) is 0 Å². The van der Waals surface area contributed by atoms with Crippen molar-refractivity contribution in [2.75, 3.05) is 7.05 Å². The molecular formula is C19H18N2O2. The quantitative estimate of drug-likeness (QED) is 0.732. The Morgan fingerprint density at radius 3 is 2.83 bits per heavy atom. The van der Waals surface area contributed by atoms with E-state index < -0.39 is 0 Å². The van der Waals surface area contributed by atoms with Crippen LogP contribution >= 0.6 is 0 Å². The lowest BCUT2D eigenvalue weighted by atomic mass is 10.0. The summed E-state index contributed by atoms with van der Waals surface area (Å²) in [6.07, 6.45) is 2.27. The Morgan fingerprint density at radius 1 is 1.22 bits per heavy atom. The lowest BCUT2D eigenvalue weighted by Crippen LogP contribution is -2.26. The zero-order valence-electron chi connectivity index (χ0n) is 13.0. The van der Waals surface area contributed by atoms with Gasteiger partial charge in [-0.15, -0.1) is 0 Å². The molecule has 0 aliphatic heterocycles. The van der Waals surface area contributed by atoms with E-state index in [9.17, 15) is 4.79 Å². The molecule has 0 radical (unpaired) electrons. The predicted molar refractivity (Wildman–Crippen MR) is 88.2 cm³/mol. The lowest BCUT2D eigenvalue weighted by Gasteiger charge is -2.17. The van der Waals surface area contributed by atoms with Crippen molar-refractivity contribution in [3.05, 3.63) is 65.5 Å². The second-order valence-electron chi connectivity index (χ2n) is 6.19. The number of rotatable bonds is 4. The molecule has 1 saturated carbocycles. The fourth-order valence-electron chi connectivity index (χ4n) is 2.90. The smallest absolute Gasteiger partial charge is 0.276 e. The Kier molecular flexibility index (Phi) is 3.37. The Labute approximate surface area is 134 Å². The van der Waals surface area contributed by atoms with E-state index in [1.54, 1.807) is 18.0 Å². The summed E-state index contributed by atoms with van der Waals surface area (Å²) in [5.74, 6) is 1.20. The molecule has 1 amide bonds. The van der Waals surface area contributed by atoms with Crippen molar-refractivity contribution in [2.24, 2.45) is 0 Å². The van der Waals surface area contributed by atoms with Gasteiger partial charge in [0.15, 0.2) is 5.69 Å². The van der Waals surface area contributed by atoms with Gasteiger partial charge in [-0.05, 0) is 29.2 Å². The van der Waals surface area contributed by atoms with Gasteiger partial charge >= 0.3 is 0 Å². The number of nitrogens with zero attached hydrogens (tertiary/aromatic N) is 2. The number of carbonyl (C=O) groups is 1. The summed E-state index contributed by atoms with van der Waals surface area (Å²) < 4.78 is 5.28. The highest BCUT2D eigenvalue weighted by atomic mass is 16.5. The van der Waals surface area contributed by atoms with Crippen LogP contribution in [0.4, 0.5) is 0 Å². The fraction of sp³-hybridized carbons (Fsp3) is 0.263. The van der Waals surface area contributed by atoms with E-state index in [2.05, 4.69) is 29.4 Å². The van der Waals surface area contributed by atoms with E-state index in [4.69, 9.17) is 4.52 Å². The van der Waals surface area contributed by atoms with Crippen molar-refractivity contribution in [3.63, 3.8) is 0 Å². The van der Waals surface area contributed by atoms with E-state index in [-0.39, 0.29) is 5.91 Å². The first-order chi connectivity index (χ1) is 11.2. The maximum Gasteiger partial charge on any atom is 0.276 e. The minimum Gasteiger partial charge on any atom is -0.360 e. The van der Waals surface area contributed by atoms with Gasteiger partial charge in [-0.1, -0.05) is 47.6 Å². The summed E-state index contributed by atoms with van der Waals surface area (Å²) in [4.78, 5) is 14.2. The van der Waals surface area contributed by atoms with Crippen molar-refractivity contribution in [3.8, 4) is 0 Å². The molecule has 4 heteroatoms. The highest BCUT2D eigenvalue weighted by Crippen LogP contribution is 2.40. The molecule has 0 N–H and O–H groups in total. The molecule has 1 aromatic heterocycles. The van der Waals surface area contributed by atoms with Gasteiger partial charge in [-0.3, -0.25) is 4.79 Å². The average Bonchev–Trinajstić information content (AvgIpc) is 3.32. The first-order valence-corrected chi connectivity index (χ1v) is 7.91. The van der Waals surface area contributed by atoms with Gasteiger partial charge in [0.2, 0.25) is 0 Å². The van der Waals surface area contributed by atoms with Gasteiger partial charge in [0.05, 0.1) is 0 Å². The highest BCUT2D eigenvalue weighted by Gasteiger charge is 2.29. The Balaban J connectivity index is 1.55. The van der Waals surface area contributed by atoms with Gasteiger partial charge in [-0.25, -0.2) is 0 Å². The van der Waals surface area contributed by atoms with Crippen LogP contribution in [0.1, 0.15) is 40.6 Å². The number of benzene rings is 2. The minimum absolute atomic E-state index is 0.103. The second-order valence-corrected chi connectivity index (χ2v) is 6.19. The maximum atomic E-state index is 12.5.